The molecule has 1 aliphatic carbocycles. The summed E-state index contributed by atoms with van der Waals surface area (Å²) in [6.45, 7) is 6.30. The molecule has 0 saturated heterocycles. The Bertz CT molecular complexity index is 979. The van der Waals surface area contributed by atoms with E-state index in [1.54, 1.807) is 6.92 Å². The molecule has 0 spiro atoms. The van der Waals surface area contributed by atoms with E-state index in [4.69, 9.17) is 9.47 Å². The number of nitrogens with one attached hydrogen (secondary N) is 2. The van der Waals surface area contributed by atoms with E-state index in [1.165, 1.54) is 29.4 Å². The number of carbonyl (C=O) groups is 2. The number of carbonyl (C=O) groups excluding carboxylic acids is 2. The van der Waals surface area contributed by atoms with Crippen LogP contribution in [0.4, 0.5) is 4.79 Å². The Morgan fingerprint density at radius 2 is 1.58 bits per heavy atom. The van der Waals surface area contributed by atoms with Crippen LogP contribution in [0, 0.1) is 5.92 Å². The predicted molar refractivity (Wildman–Crippen MR) is 130 cm³/mol. The second-order valence-corrected chi connectivity index (χ2v) is 9.17. The summed E-state index contributed by atoms with van der Waals surface area (Å²) in [6.07, 6.45) is -0.469. The monoisotopic (exact) mass is 516 g/mol. The quantitative estimate of drug-likeness (QED) is 0.244. The molecule has 175 valence electrons. The Morgan fingerprint density at radius 1 is 1.00 bits per heavy atom. The molecule has 33 heavy (non-hydrogen) atoms. The predicted octanol–water partition coefficient (Wildman–Crippen LogP) is 3.23. The molecular formula is C25H30N3O4Se. The van der Waals surface area contributed by atoms with Gasteiger partial charge in [0.1, 0.15) is 0 Å². The zero-order valence-corrected chi connectivity index (χ0v) is 21.0. The van der Waals surface area contributed by atoms with Crippen LogP contribution in [0.3, 0.4) is 0 Å². The van der Waals surface area contributed by atoms with Gasteiger partial charge in [0, 0.05) is 0 Å². The number of rotatable bonds is 8. The van der Waals surface area contributed by atoms with Crippen molar-refractivity contribution in [3.05, 3.63) is 59.7 Å². The molecule has 0 bridgehead atoms. The van der Waals surface area contributed by atoms with Crippen LogP contribution in [-0.4, -0.2) is 65.2 Å². The molecule has 2 aromatic carbocycles. The molecule has 0 unspecified atom stereocenters. The van der Waals surface area contributed by atoms with Crippen LogP contribution in [0.2, 0.25) is 0 Å². The zero-order valence-electron chi connectivity index (χ0n) is 19.3. The molecule has 3 rings (SSSR count). The van der Waals surface area contributed by atoms with Crippen molar-refractivity contribution in [2.75, 3.05) is 20.3 Å². The average molecular weight is 515 g/mol. The van der Waals surface area contributed by atoms with Gasteiger partial charge in [-0.1, -0.05) is 12.1 Å². The molecule has 2 N–H and O–H groups in total. The van der Waals surface area contributed by atoms with E-state index in [2.05, 4.69) is 55.9 Å². The number of alkyl carbamates (subject to hydrolysis) is 1. The first-order chi connectivity index (χ1) is 15.8. The topological polar surface area (TPSA) is 89.0 Å². The van der Waals surface area contributed by atoms with Gasteiger partial charge in [-0.25, -0.2) is 0 Å². The van der Waals surface area contributed by atoms with Crippen molar-refractivity contribution in [2.45, 2.75) is 38.8 Å². The van der Waals surface area contributed by atoms with Gasteiger partial charge in [0.05, 0.1) is 0 Å². The van der Waals surface area contributed by atoms with Gasteiger partial charge < -0.3 is 0 Å². The number of methoxy groups -OCH3 is 1. The van der Waals surface area contributed by atoms with Crippen molar-refractivity contribution in [3.63, 3.8) is 0 Å². The molecule has 1 radical (unpaired) electrons. The van der Waals surface area contributed by atoms with E-state index in [0.29, 0.717) is 11.3 Å². The van der Waals surface area contributed by atoms with Crippen molar-refractivity contribution in [1.29, 1.82) is 0 Å². The summed E-state index contributed by atoms with van der Waals surface area (Å²) in [7, 11) is 1.34. The summed E-state index contributed by atoms with van der Waals surface area (Å²) in [6, 6.07) is 15.7. The molecule has 7 nitrogen and oxygen atoms in total. The number of nitrogens with zero attached hydrogens (tertiary/aromatic N) is 1. The maximum absolute atomic E-state index is 12.6. The number of ether oxygens (including phenoxy) is 2. The first kappa shape index (κ1) is 24.8. The number of amides is 1. The Labute approximate surface area is 203 Å². The third-order valence-corrected chi connectivity index (χ3v) is 6.30. The molecular weight excluding hydrogens is 485 g/mol. The Kier molecular flexibility index (Phi) is 8.53. The first-order valence-corrected chi connectivity index (χ1v) is 11.8. The second kappa shape index (κ2) is 11.3. The van der Waals surface area contributed by atoms with Crippen molar-refractivity contribution >= 4 is 32.8 Å². The van der Waals surface area contributed by atoms with Gasteiger partial charge in [-0.15, -0.1) is 0 Å². The molecule has 2 aromatic rings. The van der Waals surface area contributed by atoms with Crippen LogP contribution >= 0.6 is 0 Å². The minimum atomic E-state index is -0.525. The average Bonchev–Trinajstić information content (AvgIpc) is 3.13. The van der Waals surface area contributed by atoms with Crippen molar-refractivity contribution in [2.24, 2.45) is 10.9 Å². The molecule has 2 atom stereocenters. The summed E-state index contributed by atoms with van der Waals surface area (Å²) in [4.78, 5) is 28.6. The van der Waals surface area contributed by atoms with Crippen LogP contribution < -0.4 is 10.6 Å². The van der Waals surface area contributed by atoms with Gasteiger partial charge in [0.15, 0.2) is 0 Å². The SMILES string of the molecule is COC(=O)[C@H](C)NC([Se])=NC[C@@H](NC(=O)OCC1c2ccccc2-c2ccccc21)C(C)C. The van der Waals surface area contributed by atoms with Crippen LogP contribution in [0.15, 0.2) is 53.5 Å². The van der Waals surface area contributed by atoms with Gasteiger partial charge in [-0.2, -0.15) is 0 Å². The Hall–Kier alpha value is -2.83. The number of benzene rings is 2. The van der Waals surface area contributed by atoms with Crippen molar-refractivity contribution in [1.82, 2.24) is 10.6 Å². The zero-order chi connectivity index (χ0) is 24.0. The van der Waals surface area contributed by atoms with E-state index >= 15 is 0 Å². The number of hydrogen-bond donors (Lipinski definition) is 2. The van der Waals surface area contributed by atoms with Crippen LogP contribution in [0.1, 0.15) is 37.8 Å². The van der Waals surface area contributed by atoms with E-state index in [9.17, 15) is 9.59 Å². The standard InChI is InChI=1S/C25H30N3O4Se/c1-15(2)22(13-26-24(33)27-16(3)23(29)31-4)28-25(30)32-14-21-19-11-7-5-9-17(19)18-10-6-8-12-20(18)21/h5-12,15-16,21-22H,13-14H2,1-4H3,(H,26,27)(H,28,30)/t16-,22+/m0/s1. The third-order valence-electron chi connectivity index (χ3n) is 5.78. The molecule has 0 saturated carbocycles. The summed E-state index contributed by atoms with van der Waals surface area (Å²) in [5.41, 5.74) is 4.73. The number of aliphatic imine (C=N–C) groups is 1. The van der Waals surface area contributed by atoms with E-state index in [0.717, 1.165) is 0 Å². The number of fused-ring (bicyclic) bond motifs is 3. The van der Waals surface area contributed by atoms with Gasteiger partial charge in [0.25, 0.3) is 0 Å². The summed E-state index contributed by atoms with van der Waals surface area (Å²) >= 11 is 2.80. The molecule has 0 aromatic heterocycles. The maximum atomic E-state index is 12.6. The van der Waals surface area contributed by atoms with Crippen LogP contribution in [-0.2, 0) is 14.3 Å². The van der Waals surface area contributed by atoms with E-state index < -0.39 is 12.1 Å². The van der Waals surface area contributed by atoms with E-state index in [-0.39, 0.29) is 30.5 Å². The second-order valence-electron chi connectivity index (χ2n) is 8.36. The fourth-order valence-corrected chi connectivity index (χ4v) is 4.39. The summed E-state index contributed by atoms with van der Waals surface area (Å²) < 4.78 is 10.8. The van der Waals surface area contributed by atoms with Crippen LogP contribution in [0.5, 0.6) is 0 Å². The molecule has 8 heteroatoms. The van der Waals surface area contributed by atoms with Crippen molar-refractivity contribution < 1.29 is 19.1 Å². The first-order valence-electron chi connectivity index (χ1n) is 11.0. The number of amidine groups is 1. The Morgan fingerprint density at radius 3 is 2.12 bits per heavy atom. The molecule has 0 fully saturated rings. The molecule has 0 heterocycles. The van der Waals surface area contributed by atoms with E-state index in [1.807, 2.05) is 38.1 Å². The van der Waals surface area contributed by atoms with Gasteiger partial charge in [-0.05, 0) is 0 Å². The number of esters is 1. The number of hydrogen-bond acceptors (Lipinski definition) is 5. The minimum absolute atomic E-state index is 0.0134. The van der Waals surface area contributed by atoms with Crippen LogP contribution in [0.25, 0.3) is 11.1 Å². The van der Waals surface area contributed by atoms with Gasteiger partial charge >= 0.3 is 191 Å². The third kappa shape index (κ3) is 6.15. The normalized spacial score (nSPS) is 14.8. The summed E-state index contributed by atoms with van der Waals surface area (Å²) in [5.74, 6) is -0.227. The Balaban J connectivity index is 1.59. The van der Waals surface area contributed by atoms with Gasteiger partial charge in [-0.3, -0.25) is 0 Å². The summed E-state index contributed by atoms with van der Waals surface area (Å²) in [5, 5.41) is 5.86. The fourth-order valence-electron chi connectivity index (χ4n) is 3.86. The molecule has 0 aliphatic heterocycles. The van der Waals surface area contributed by atoms with Gasteiger partial charge in [0.2, 0.25) is 0 Å². The fraction of sp³-hybridized carbons (Fsp3) is 0.400. The van der Waals surface area contributed by atoms with Crippen molar-refractivity contribution in [3.8, 4) is 11.1 Å². The molecule has 1 aliphatic rings. The molecule has 1 amide bonds.